The van der Waals surface area contributed by atoms with Gasteiger partial charge in [0, 0.05) is 20.9 Å². The molecule has 0 aliphatic heterocycles. The van der Waals surface area contributed by atoms with E-state index in [2.05, 4.69) is 132 Å². The molecule has 2 aliphatic rings. The molecule has 0 atom stereocenters. The highest BCUT2D eigenvalue weighted by Crippen LogP contribution is 2.43. The van der Waals surface area contributed by atoms with Gasteiger partial charge in [-0.15, -0.1) is 11.3 Å². The quantitative estimate of drug-likeness (QED) is 0.190. The van der Waals surface area contributed by atoms with E-state index < -0.39 is 0 Å². The Morgan fingerprint density at radius 2 is 1.38 bits per heavy atom. The third-order valence-corrected chi connectivity index (χ3v) is 11.7. The summed E-state index contributed by atoms with van der Waals surface area (Å²) in [6.45, 7) is 0. The first-order valence-electron chi connectivity index (χ1n) is 16.8. The molecule has 0 N–H and O–H groups in total. The van der Waals surface area contributed by atoms with Crippen molar-refractivity contribution in [2.75, 3.05) is 0 Å². The van der Waals surface area contributed by atoms with Gasteiger partial charge in [0.1, 0.15) is 0 Å². The minimum atomic E-state index is 0.730. The summed E-state index contributed by atoms with van der Waals surface area (Å²) in [5.41, 5.74) is 11.4. The van der Waals surface area contributed by atoms with Gasteiger partial charge < -0.3 is 0 Å². The lowest BCUT2D eigenvalue weighted by molar-refractivity contribution is 0.908. The van der Waals surface area contributed by atoms with Crippen LogP contribution < -0.4 is 0 Å². The number of allylic oxidation sites excluding steroid dienone is 2. The van der Waals surface area contributed by atoms with E-state index in [-0.39, 0.29) is 0 Å². The van der Waals surface area contributed by atoms with Crippen LogP contribution in [0.2, 0.25) is 0 Å². The van der Waals surface area contributed by atoms with Crippen LogP contribution in [-0.4, -0.2) is 14.5 Å². The number of aromatic nitrogens is 3. The van der Waals surface area contributed by atoms with Crippen molar-refractivity contribution in [3.05, 3.63) is 143 Å². The van der Waals surface area contributed by atoms with Crippen molar-refractivity contribution in [1.82, 2.24) is 14.5 Å². The third kappa shape index (κ3) is 3.75. The molecule has 0 fully saturated rings. The first kappa shape index (κ1) is 26.5. The second kappa shape index (κ2) is 9.96. The maximum atomic E-state index is 5.57. The summed E-state index contributed by atoms with van der Waals surface area (Å²) in [7, 11) is 0. The van der Waals surface area contributed by atoms with Crippen molar-refractivity contribution in [3.8, 4) is 5.95 Å². The average molecular weight is 632 g/mol. The highest BCUT2D eigenvalue weighted by molar-refractivity contribution is 7.26. The van der Waals surface area contributed by atoms with Crippen LogP contribution in [0.4, 0.5) is 0 Å². The van der Waals surface area contributed by atoms with E-state index in [4.69, 9.17) is 9.97 Å². The molecule has 3 aromatic heterocycles. The van der Waals surface area contributed by atoms with Crippen molar-refractivity contribution in [2.45, 2.75) is 25.7 Å². The lowest BCUT2D eigenvalue weighted by atomic mass is 9.83. The van der Waals surface area contributed by atoms with Gasteiger partial charge in [0.2, 0.25) is 5.95 Å². The number of thiophene rings is 1. The Hall–Kier alpha value is -5.58. The second-order valence-corrected chi connectivity index (χ2v) is 14.2. The van der Waals surface area contributed by atoms with E-state index in [9.17, 15) is 0 Å². The van der Waals surface area contributed by atoms with Gasteiger partial charge in [-0.05, 0) is 105 Å². The normalized spacial score (nSPS) is 14.4. The Morgan fingerprint density at radius 1 is 0.604 bits per heavy atom. The molecule has 6 aromatic carbocycles. The van der Waals surface area contributed by atoms with Gasteiger partial charge in [0.25, 0.3) is 0 Å². The van der Waals surface area contributed by atoms with E-state index in [1.165, 1.54) is 74.9 Å². The molecular formula is C44H29N3S. The van der Waals surface area contributed by atoms with Crippen molar-refractivity contribution >= 4 is 92.7 Å². The smallest absolute Gasteiger partial charge is 0.235 e. The first-order chi connectivity index (χ1) is 23.8. The highest BCUT2D eigenvalue weighted by atomic mass is 32.1. The molecule has 3 nitrogen and oxygen atoms in total. The standard InChI is InChI=1S/C44H29N3S/c1-2-12-29-25-38-36(24-28(29)11-1)40-34-14-6-4-10-27(34)20-22-37(40)47(38)44-45-41(43-42(46-44)35-15-7-8-16-39(35)48-43)31-19-21-33-30(23-31)18-17-26-9-3-5-13-32(26)33/h1-4,6-12,14-18,20,22-25H,5,13,19,21H2. The lowest BCUT2D eigenvalue weighted by Crippen LogP contribution is -2.09. The van der Waals surface area contributed by atoms with E-state index in [0.29, 0.717) is 0 Å². The number of nitrogens with zero attached hydrogens (tertiary/aromatic N) is 3. The first-order valence-corrected chi connectivity index (χ1v) is 17.7. The Morgan fingerprint density at radius 3 is 2.29 bits per heavy atom. The minimum Gasteiger partial charge on any atom is -0.278 e. The fraction of sp³-hybridized carbons (Fsp3) is 0.0909. The van der Waals surface area contributed by atoms with E-state index in [0.717, 1.165) is 53.9 Å². The summed E-state index contributed by atoms with van der Waals surface area (Å²) < 4.78 is 4.74. The summed E-state index contributed by atoms with van der Waals surface area (Å²) in [4.78, 5) is 11.0. The lowest BCUT2D eigenvalue weighted by Gasteiger charge is -2.23. The van der Waals surface area contributed by atoms with Crippen LogP contribution in [0, 0.1) is 0 Å². The monoisotopic (exact) mass is 631 g/mol. The van der Waals surface area contributed by atoms with Crippen LogP contribution >= 0.6 is 11.3 Å². The number of rotatable bonds is 2. The zero-order valence-electron chi connectivity index (χ0n) is 26.2. The van der Waals surface area contributed by atoms with Gasteiger partial charge in [-0.1, -0.05) is 97.1 Å². The summed E-state index contributed by atoms with van der Waals surface area (Å²) >= 11 is 1.82. The molecule has 0 unspecified atom stereocenters. The zero-order chi connectivity index (χ0) is 31.3. The fourth-order valence-corrected chi connectivity index (χ4v) is 9.51. The number of fused-ring (bicyclic) bond motifs is 12. The molecule has 11 rings (SSSR count). The van der Waals surface area contributed by atoms with Crippen LogP contribution in [0.5, 0.6) is 0 Å². The molecule has 0 saturated carbocycles. The Balaban J connectivity index is 1.24. The van der Waals surface area contributed by atoms with Crippen molar-refractivity contribution in [1.29, 1.82) is 0 Å². The Bertz CT molecular complexity index is 2900. The fourth-order valence-electron chi connectivity index (χ4n) is 8.34. The number of hydrogen-bond acceptors (Lipinski definition) is 3. The molecule has 0 radical (unpaired) electrons. The van der Waals surface area contributed by atoms with Gasteiger partial charge in [-0.3, -0.25) is 4.57 Å². The van der Waals surface area contributed by atoms with Crippen LogP contribution in [0.3, 0.4) is 0 Å². The minimum absolute atomic E-state index is 0.730. The molecule has 3 heterocycles. The molecule has 0 spiro atoms. The van der Waals surface area contributed by atoms with E-state index in [1.54, 1.807) is 0 Å². The van der Waals surface area contributed by atoms with Crippen molar-refractivity contribution < 1.29 is 0 Å². The summed E-state index contributed by atoms with van der Waals surface area (Å²) in [5.74, 6) is 0.730. The van der Waals surface area contributed by atoms with Crippen LogP contribution in [0.1, 0.15) is 40.8 Å². The number of benzene rings is 6. The SMILES string of the molecule is C1=Cc2ccc3c(c2CC1)CCC(c1nc(-n2c4cc5ccccc5cc4c4c5ccccc5ccc42)nc2c1sc1ccccc12)=C3. The van der Waals surface area contributed by atoms with Gasteiger partial charge in [-0.2, -0.15) is 0 Å². The molecule has 2 aliphatic carbocycles. The molecule has 0 amide bonds. The molecule has 4 heteroatoms. The topological polar surface area (TPSA) is 30.7 Å². The number of hydrogen-bond donors (Lipinski definition) is 0. The van der Waals surface area contributed by atoms with Gasteiger partial charge in [-0.25, -0.2) is 9.97 Å². The van der Waals surface area contributed by atoms with Crippen molar-refractivity contribution in [2.24, 2.45) is 0 Å². The molecule has 9 aromatic rings. The van der Waals surface area contributed by atoms with Crippen LogP contribution in [-0.2, 0) is 12.8 Å². The molecule has 0 saturated heterocycles. The van der Waals surface area contributed by atoms with Crippen LogP contribution in [0.25, 0.3) is 87.3 Å². The molecule has 48 heavy (non-hydrogen) atoms. The highest BCUT2D eigenvalue weighted by Gasteiger charge is 2.24. The van der Waals surface area contributed by atoms with E-state index in [1.807, 2.05) is 11.3 Å². The van der Waals surface area contributed by atoms with Gasteiger partial charge in [0.15, 0.2) is 0 Å². The Labute approximate surface area is 281 Å². The average Bonchev–Trinajstić information content (AvgIpc) is 3.68. The molecule has 0 bridgehead atoms. The largest absolute Gasteiger partial charge is 0.278 e. The van der Waals surface area contributed by atoms with E-state index >= 15 is 0 Å². The summed E-state index contributed by atoms with van der Waals surface area (Å²) in [6.07, 6.45) is 11.3. The van der Waals surface area contributed by atoms with Crippen molar-refractivity contribution in [3.63, 3.8) is 0 Å². The maximum absolute atomic E-state index is 5.57. The van der Waals surface area contributed by atoms with Gasteiger partial charge in [0.05, 0.1) is 26.9 Å². The molecule has 226 valence electrons. The maximum Gasteiger partial charge on any atom is 0.235 e. The summed E-state index contributed by atoms with van der Waals surface area (Å²) in [6, 6.07) is 39.9. The third-order valence-electron chi connectivity index (χ3n) is 10.6. The predicted octanol–water partition coefficient (Wildman–Crippen LogP) is 11.7. The Kier molecular flexibility index (Phi) is 5.50. The zero-order valence-corrected chi connectivity index (χ0v) is 27.0. The summed E-state index contributed by atoms with van der Waals surface area (Å²) in [5, 5.41) is 8.61. The second-order valence-electron chi connectivity index (χ2n) is 13.2. The van der Waals surface area contributed by atoms with Crippen LogP contribution in [0.15, 0.2) is 115 Å². The predicted molar refractivity (Wildman–Crippen MR) is 204 cm³/mol. The molecular weight excluding hydrogens is 603 g/mol. The van der Waals surface area contributed by atoms with Gasteiger partial charge >= 0.3 is 0 Å².